The Morgan fingerprint density at radius 2 is 1.47 bits per heavy atom. The fourth-order valence-electron chi connectivity index (χ4n) is 5.62. The highest BCUT2D eigenvalue weighted by atomic mass is 16.5. The van der Waals surface area contributed by atoms with E-state index in [0.717, 1.165) is 30.4 Å². The van der Waals surface area contributed by atoms with Gasteiger partial charge in [0, 0.05) is 5.56 Å². The van der Waals surface area contributed by atoms with Crippen molar-refractivity contribution in [1.29, 1.82) is 0 Å². The predicted molar refractivity (Wildman–Crippen MR) is 117 cm³/mol. The number of benzene rings is 2. The van der Waals surface area contributed by atoms with Gasteiger partial charge in [-0.3, -0.25) is 19.3 Å². The van der Waals surface area contributed by atoms with Crippen LogP contribution >= 0.6 is 0 Å². The molecule has 1 saturated heterocycles. The van der Waals surface area contributed by atoms with Crippen molar-refractivity contribution in [2.24, 2.45) is 23.7 Å². The van der Waals surface area contributed by atoms with E-state index in [-0.39, 0.29) is 41.6 Å². The van der Waals surface area contributed by atoms with Crippen LogP contribution in [0.3, 0.4) is 0 Å². The number of imide groups is 1. The minimum absolute atomic E-state index is 0.110. The van der Waals surface area contributed by atoms with Gasteiger partial charge in [-0.1, -0.05) is 12.1 Å². The van der Waals surface area contributed by atoms with E-state index in [2.05, 4.69) is 0 Å². The molecular formula is C26H25NO5. The zero-order valence-electron chi connectivity index (χ0n) is 18.2. The number of hydrogen-bond acceptors (Lipinski definition) is 5. The third-order valence-corrected chi connectivity index (χ3v) is 7.45. The first kappa shape index (κ1) is 20.6. The lowest BCUT2D eigenvalue weighted by atomic mass is 9.81. The van der Waals surface area contributed by atoms with E-state index in [4.69, 9.17) is 4.74 Å². The molecule has 6 nitrogen and oxygen atoms in total. The summed E-state index contributed by atoms with van der Waals surface area (Å²) in [6, 6.07) is 11.6. The Morgan fingerprint density at radius 3 is 2.06 bits per heavy atom. The number of ether oxygens (including phenoxy) is 1. The normalized spacial score (nSPS) is 25.9. The number of carbonyl (C=O) groups excluding carboxylic acids is 4. The third-order valence-electron chi connectivity index (χ3n) is 7.45. The molecule has 2 saturated carbocycles. The van der Waals surface area contributed by atoms with E-state index in [1.165, 1.54) is 17.0 Å². The average molecular weight is 431 g/mol. The molecule has 2 aliphatic carbocycles. The summed E-state index contributed by atoms with van der Waals surface area (Å²) in [6.45, 7) is 3.54. The number of esters is 1. The fraction of sp³-hybridized carbons (Fsp3) is 0.385. The van der Waals surface area contributed by atoms with Crippen LogP contribution < -0.4 is 4.90 Å². The molecule has 1 aliphatic heterocycles. The number of anilines is 1. The maximum Gasteiger partial charge on any atom is 0.338 e. The summed E-state index contributed by atoms with van der Waals surface area (Å²) in [4.78, 5) is 51.9. The summed E-state index contributed by atoms with van der Waals surface area (Å²) in [6.07, 6.45) is 3.06. The zero-order valence-corrected chi connectivity index (χ0v) is 18.2. The molecule has 2 aromatic carbocycles. The van der Waals surface area contributed by atoms with Gasteiger partial charge in [-0.2, -0.15) is 0 Å². The first-order valence-electron chi connectivity index (χ1n) is 11.1. The molecule has 32 heavy (non-hydrogen) atoms. The Balaban J connectivity index is 1.24. The van der Waals surface area contributed by atoms with Crippen LogP contribution in [0, 0.1) is 37.5 Å². The molecule has 0 N–H and O–H groups in total. The van der Waals surface area contributed by atoms with Crippen molar-refractivity contribution < 1.29 is 23.9 Å². The highest BCUT2D eigenvalue weighted by molar-refractivity contribution is 6.22. The highest BCUT2D eigenvalue weighted by Crippen LogP contribution is 2.56. The van der Waals surface area contributed by atoms with Gasteiger partial charge in [-0.05, 0) is 86.4 Å². The smallest absolute Gasteiger partial charge is 0.338 e. The third kappa shape index (κ3) is 3.25. The van der Waals surface area contributed by atoms with Crippen LogP contribution in [0.15, 0.2) is 42.5 Å². The second kappa shape index (κ2) is 7.69. The van der Waals surface area contributed by atoms with E-state index in [9.17, 15) is 19.2 Å². The molecule has 0 radical (unpaired) electrons. The standard InChI is InChI=1S/C26H25NO5/c1-14-3-4-17(11-15(14)2)21(28)13-32-26(31)16-7-9-20(10-8-16)27-24(29)22-18-5-6-19(12-18)23(22)25(27)30/h3-4,7-11,18-19,22-23H,5-6,12-13H2,1-2H3/t18-,19-,22-,23+/m0/s1. The molecule has 2 bridgehead atoms. The SMILES string of the molecule is Cc1ccc(C(=O)COC(=O)c2ccc(N3C(=O)[C@@H]4[C@H]5CC[C@@H](C5)[C@@H]4C3=O)cc2)cc1C. The summed E-state index contributed by atoms with van der Waals surface area (Å²) in [5, 5.41) is 0. The summed E-state index contributed by atoms with van der Waals surface area (Å²) in [7, 11) is 0. The molecule has 1 heterocycles. The molecule has 2 aromatic rings. The van der Waals surface area contributed by atoms with Gasteiger partial charge in [0.2, 0.25) is 11.8 Å². The van der Waals surface area contributed by atoms with Crippen molar-refractivity contribution in [2.75, 3.05) is 11.5 Å². The van der Waals surface area contributed by atoms with Crippen LogP contribution in [0.5, 0.6) is 0 Å². The van der Waals surface area contributed by atoms with E-state index in [1.54, 1.807) is 24.3 Å². The average Bonchev–Trinajstić information content (AvgIpc) is 3.47. The van der Waals surface area contributed by atoms with Gasteiger partial charge in [0.25, 0.3) is 0 Å². The van der Waals surface area contributed by atoms with Crippen molar-refractivity contribution >= 4 is 29.3 Å². The van der Waals surface area contributed by atoms with E-state index in [0.29, 0.717) is 23.1 Å². The lowest BCUT2D eigenvalue weighted by Gasteiger charge is -2.19. The lowest BCUT2D eigenvalue weighted by molar-refractivity contribution is -0.123. The number of fused-ring (bicyclic) bond motifs is 5. The van der Waals surface area contributed by atoms with Crippen molar-refractivity contribution in [1.82, 2.24) is 0 Å². The minimum atomic E-state index is -0.622. The van der Waals surface area contributed by atoms with Gasteiger partial charge in [0.1, 0.15) is 0 Å². The molecule has 2 amide bonds. The number of Topliss-reactive ketones (excluding diaryl/α,β-unsaturated/α-hetero) is 1. The van der Waals surface area contributed by atoms with Gasteiger partial charge in [-0.25, -0.2) is 4.79 Å². The van der Waals surface area contributed by atoms with Crippen molar-refractivity contribution in [3.8, 4) is 0 Å². The maximum atomic E-state index is 12.9. The number of ketones is 1. The number of nitrogens with zero attached hydrogens (tertiary/aromatic N) is 1. The Morgan fingerprint density at radius 1 is 0.875 bits per heavy atom. The van der Waals surface area contributed by atoms with Crippen LogP contribution in [-0.2, 0) is 14.3 Å². The molecule has 0 aromatic heterocycles. The Bertz CT molecular complexity index is 1110. The Hall–Kier alpha value is -3.28. The molecular weight excluding hydrogens is 406 g/mol. The maximum absolute atomic E-state index is 12.9. The molecule has 164 valence electrons. The van der Waals surface area contributed by atoms with Crippen molar-refractivity contribution in [2.45, 2.75) is 33.1 Å². The summed E-state index contributed by atoms with van der Waals surface area (Å²) >= 11 is 0. The number of rotatable bonds is 5. The number of hydrogen-bond donors (Lipinski definition) is 0. The number of aryl methyl sites for hydroxylation is 2. The fourth-order valence-corrected chi connectivity index (χ4v) is 5.62. The summed E-state index contributed by atoms with van der Waals surface area (Å²) in [5.41, 5.74) is 3.34. The predicted octanol–water partition coefficient (Wildman–Crippen LogP) is 3.88. The number of amides is 2. The van der Waals surface area contributed by atoms with Crippen molar-refractivity contribution in [3.63, 3.8) is 0 Å². The van der Waals surface area contributed by atoms with Crippen molar-refractivity contribution in [3.05, 3.63) is 64.7 Å². The van der Waals surface area contributed by atoms with Crippen LogP contribution in [0.25, 0.3) is 0 Å². The van der Waals surface area contributed by atoms with Gasteiger partial charge in [-0.15, -0.1) is 0 Å². The number of carbonyl (C=O) groups is 4. The minimum Gasteiger partial charge on any atom is -0.454 e. The lowest BCUT2D eigenvalue weighted by Crippen LogP contribution is -2.32. The molecule has 3 aliphatic rings. The van der Waals surface area contributed by atoms with Gasteiger partial charge < -0.3 is 4.74 Å². The molecule has 0 spiro atoms. The molecule has 0 unspecified atom stereocenters. The second-order valence-corrected chi connectivity index (χ2v) is 9.24. The summed E-state index contributed by atoms with van der Waals surface area (Å²) in [5.74, 6) is -0.811. The first-order chi connectivity index (χ1) is 15.3. The second-order valence-electron chi connectivity index (χ2n) is 9.24. The largest absolute Gasteiger partial charge is 0.454 e. The van der Waals surface area contributed by atoms with Gasteiger partial charge >= 0.3 is 5.97 Å². The molecule has 4 atom stereocenters. The van der Waals surface area contributed by atoms with Gasteiger partial charge in [0.05, 0.1) is 23.1 Å². The van der Waals surface area contributed by atoms with E-state index in [1.807, 2.05) is 19.9 Å². The molecule has 5 rings (SSSR count). The molecule has 3 fully saturated rings. The topological polar surface area (TPSA) is 80.8 Å². The quantitative estimate of drug-likeness (QED) is 0.408. The highest BCUT2D eigenvalue weighted by Gasteiger charge is 2.61. The molecule has 6 heteroatoms. The van der Waals surface area contributed by atoms with Crippen LogP contribution in [-0.4, -0.2) is 30.2 Å². The summed E-state index contributed by atoms with van der Waals surface area (Å²) < 4.78 is 5.18. The Labute approximate surface area is 186 Å². The monoisotopic (exact) mass is 431 g/mol. The van der Waals surface area contributed by atoms with E-state index >= 15 is 0 Å². The van der Waals surface area contributed by atoms with Crippen LogP contribution in [0.1, 0.15) is 51.1 Å². The van der Waals surface area contributed by atoms with E-state index < -0.39 is 5.97 Å². The van der Waals surface area contributed by atoms with Crippen LogP contribution in [0.2, 0.25) is 0 Å². The zero-order chi connectivity index (χ0) is 22.6. The first-order valence-corrected chi connectivity index (χ1v) is 11.1. The van der Waals surface area contributed by atoms with Gasteiger partial charge in [0.15, 0.2) is 12.4 Å². The van der Waals surface area contributed by atoms with Crippen LogP contribution in [0.4, 0.5) is 5.69 Å². The Kier molecular flexibility index (Phi) is 4.96.